The van der Waals surface area contributed by atoms with Crippen LogP contribution in [0.5, 0.6) is 0 Å². The number of aromatic nitrogens is 3. The van der Waals surface area contributed by atoms with Crippen molar-refractivity contribution >= 4 is 21.9 Å². The molecule has 9 aromatic rings. The second-order valence-electron chi connectivity index (χ2n) is 12.6. The molecule has 0 fully saturated rings. The Morgan fingerprint density at radius 3 is 1.60 bits per heavy atom. The Morgan fingerprint density at radius 2 is 0.880 bits per heavy atom. The average Bonchev–Trinajstić information content (AvgIpc) is 3.57. The zero-order chi connectivity index (χ0) is 33.4. The van der Waals surface area contributed by atoms with Crippen LogP contribution in [-0.2, 0) is 0 Å². The van der Waals surface area contributed by atoms with E-state index in [4.69, 9.17) is 19.4 Å². The summed E-state index contributed by atoms with van der Waals surface area (Å²) in [5.41, 5.74) is 12.4. The molecule has 0 saturated heterocycles. The number of furan rings is 1. The van der Waals surface area contributed by atoms with Crippen molar-refractivity contribution in [1.29, 1.82) is 0 Å². The molecule has 50 heavy (non-hydrogen) atoms. The predicted molar refractivity (Wildman–Crippen MR) is 204 cm³/mol. The van der Waals surface area contributed by atoms with Crippen LogP contribution in [0, 0.1) is 6.92 Å². The normalized spacial score (nSPS) is 11.3. The van der Waals surface area contributed by atoms with Gasteiger partial charge in [-0.25, -0.2) is 15.0 Å². The Kier molecular flexibility index (Phi) is 7.33. The van der Waals surface area contributed by atoms with Crippen LogP contribution in [0.25, 0.3) is 89.5 Å². The largest absolute Gasteiger partial charge is 0.456 e. The van der Waals surface area contributed by atoms with Crippen LogP contribution in [0.15, 0.2) is 174 Å². The molecule has 0 amide bonds. The van der Waals surface area contributed by atoms with Gasteiger partial charge in [-0.1, -0.05) is 151 Å². The molecule has 0 bridgehead atoms. The lowest BCUT2D eigenvalue weighted by atomic mass is 9.99. The SMILES string of the molecule is Cc1cccc(-c2cccc(-c3nc(-c4ccc(-c5ccccc5)cc4)nc(-c4ccc5c(c4)oc4cccc(-c6ccccc6)c45)n3)c2)c1. The molecule has 2 heterocycles. The second-order valence-corrected chi connectivity index (χ2v) is 12.6. The molecule has 4 nitrogen and oxygen atoms in total. The molecule has 9 rings (SSSR count). The maximum Gasteiger partial charge on any atom is 0.164 e. The summed E-state index contributed by atoms with van der Waals surface area (Å²) in [6, 6.07) is 58.7. The molecule has 2 aromatic heterocycles. The number of hydrogen-bond acceptors (Lipinski definition) is 4. The molecule has 0 aliphatic heterocycles. The molecule has 0 spiro atoms. The van der Waals surface area contributed by atoms with Gasteiger partial charge < -0.3 is 4.42 Å². The Balaban J connectivity index is 1.18. The lowest BCUT2D eigenvalue weighted by Gasteiger charge is -2.10. The minimum atomic E-state index is 0.587. The molecular weight excluding hydrogens is 611 g/mol. The maximum atomic E-state index is 6.46. The Labute approximate surface area is 290 Å². The summed E-state index contributed by atoms with van der Waals surface area (Å²) in [5, 5.41) is 2.16. The van der Waals surface area contributed by atoms with Gasteiger partial charge in [-0.05, 0) is 64.6 Å². The number of nitrogens with zero attached hydrogens (tertiary/aromatic N) is 3. The Morgan fingerprint density at radius 1 is 0.360 bits per heavy atom. The van der Waals surface area contributed by atoms with E-state index < -0.39 is 0 Å². The van der Waals surface area contributed by atoms with Gasteiger partial charge in [0, 0.05) is 27.5 Å². The number of aryl methyl sites for hydroxylation is 1. The van der Waals surface area contributed by atoms with E-state index in [9.17, 15) is 0 Å². The molecule has 0 radical (unpaired) electrons. The minimum absolute atomic E-state index is 0.587. The highest BCUT2D eigenvalue weighted by molar-refractivity contribution is 6.13. The number of benzene rings is 7. The molecule has 0 N–H and O–H groups in total. The van der Waals surface area contributed by atoms with Crippen LogP contribution >= 0.6 is 0 Å². The highest BCUT2D eigenvalue weighted by Crippen LogP contribution is 2.38. The van der Waals surface area contributed by atoms with E-state index >= 15 is 0 Å². The average molecular weight is 642 g/mol. The fourth-order valence-electron chi connectivity index (χ4n) is 6.69. The molecule has 0 saturated carbocycles. The van der Waals surface area contributed by atoms with Gasteiger partial charge in [0.1, 0.15) is 11.2 Å². The highest BCUT2D eigenvalue weighted by atomic mass is 16.3. The third-order valence-corrected chi connectivity index (χ3v) is 9.20. The van der Waals surface area contributed by atoms with Gasteiger partial charge in [-0.3, -0.25) is 0 Å². The van der Waals surface area contributed by atoms with Crippen LogP contribution in [0.2, 0.25) is 0 Å². The summed E-state index contributed by atoms with van der Waals surface area (Å²) < 4.78 is 6.46. The zero-order valence-corrected chi connectivity index (χ0v) is 27.4. The second kappa shape index (κ2) is 12.4. The number of rotatable bonds is 6. The standard InChI is InChI=1S/C46H31N3O/c1-30-11-8-16-35(27-30)36-17-9-18-37(28-36)45-47-44(34-23-21-32(22-24-34)31-12-4-2-5-13-31)48-46(49-45)38-25-26-40-42(29-38)50-41-20-10-19-39(43(40)41)33-14-6-3-7-15-33/h2-29H,1H3. The number of hydrogen-bond donors (Lipinski definition) is 0. The molecule has 236 valence electrons. The first-order valence-electron chi connectivity index (χ1n) is 16.8. The van der Waals surface area contributed by atoms with Gasteiger partial charge in [-0.15, -0.1) is 0 Å². The van der Waals surface area contributed by atoms with E-state index in [1.807, 2.05) is 24.3 Å². The zero-order valence-electron chi connectivity index (χ0n) is 27.4. The third kappa shape index (κ3) is 5.53. The van der Waals surface area contributed by atoms with Crippen molar-refractivity contribution < 1.29 is 4.42 Å². The monoisotopic (exact) mass is 641 g/mol. The van der Waals surface area contributed by atoms with Crippen molar-refractivity contribution in [2.45, 2.75) is 6.92 Å². The Bertz CT molecular complexity index is 2640. The van der Waals surface area contributed by atoms with Gasteiger partial charge in [-0.2, -0.15) is 0 Å². The van der Waals surface area contributed by atoms with Crippen molar-refractivity contribution in [3.63, 3.8) is 0 Å². The first kappa shape index (κ1) is 29.5. The van der Waals surface area contributed by atoms with Crippen LogP contribution < -0.4 is 0 Å². The number of fused-ring (bicyclic) bond motifs is 3. The summed E-state index contributed by atoms with van der Waals surface area (Å²) in [4.78, 5) is 15.2. The smallest absolute Gasteiger partial charge is 0.164 e. The van der Waals surface area contributed by atoms with Crippen molar-refractivity contribution in [3.05, 3.63) is 175 Å². The molecule has 0 unspecified atom stereocenters. The maximum absolute atomic E-state index is 6.46. The van der Waals surface area contributed by atoms with Gasteiger partial charge in [0.15, 0.2) is 17.5 Å². The van der Waals surface area contributed by atoms with E-state index in [-0.39, 0.29) is 0 Å². The molecule has 7 aromatic carbocycles. The van der Waals surface area contributed by atoms with Crippen molar-refractivity contribution in [2.24, 2.45) is 0 Å². The quantitative estimate of drug-likeness (QED) is 0.181. The first-order chi connectivity index (χ1) is 24.7. The molecule has 0 aliphatic rings. The minimum Gasteiger partial charge on any atom is -0.456 e. The van der Waals surface area contributed by atoms with Crippen molar-refractivity contribution in [1.82, 2.24) is 15.0 Å². The molecule has 0 atom stereocenters. The summed E-state index contributed by atoms with van der Waals surface area (Å²) in [5.74, 6) is 1.81. The first-order valence-corrected chi connectivity index (χ1v) is 16.8. The van der Waals surface area contributed by atoms with E-state index in [0.717, 1.165) is 66.4 Å². The highest BCUT2D eigenvalue weighted by Gasteiger charge is 2.17. The van der Waals surface area contributed by atoms with Crippen molar-refractivity contribution in [2.75, 3.05) is 0 Å². The van der Waals surface area contributed by atoms with Crippen LogP contribution in [0.4, 0.5) is 0 Å². The topological polar surface area (TPSA) is 51.8 Å². The molecule has 4 heteroatoms. The van der Waals surface area contributed by atoms with Gasteiger partial charge in [0.05, 0.1) is 0 Å². The summed E-state index contributed by atoms with van der Waals surface area (Å²) in [7, 11) is 0. The summed E-state index contributed by atoms with van der Waals surface area (Å²) >= 11 is 0. The van der Waals surface area contributed by atoms with Gasteiger partial charge in [0.25, 0.3) is 0 Å². The fourth-order valence-corrected chi connectivity index (χ4v) is 6.69. The third-order valence-electron chi connectivity index (χ3n) is 9.20. The van der Waals surface area contributed by atoms with Crippen LogP contribution in [0.1, 0.15) is 5.56 Å². The van der Waals surface area contributed by atoms with Gasteiger partial charge in [0.2, 0.25) is 0 Å². The van der Waals surface area contributed by atoms with E-state index in [1.165, 1.54) is 11.1 Å². The van der Waals surface area contributed by atoms with Gasteiger partial charge >= 0.3 is 0 Å². The van der Waals surface area contributed by atoms with E-state index in [2.05, 4.69) is 153 Å². The summed E-state index contributed by atoms with van der Waals surface area (Å²) in [6.45, 7) is 2.11. The fraction of sp³-hybridized carbons (Fsp3) is 0.0217. The predicted octanol–water partition coefficient (Wildman–Crippen LogP) is 12.1. The van der Waals surface area contributed by atoms with Crippen LogP contribution in [-0.4, -0.2) is 15.0 Å². The lowest BCUT2D eigenvalue weighted by Crippen LogP contribution is -2.00. The van der Waals surface area contributed by atoms with Crippen molar-refractivity contribution in [3.8, 4) is 67.5 Å². The Hall–Kier alpha value is -6.65. The lowest BCUT2D eigenvalue weighted by molar-refractivity contribution is 0.669. The van der Waals surface area contributed by atoms with Crippen LogP contribution in [0.3, 0.4) is 0 Å². The molecular formula is C46H31N3O. The summed E-state index contributed by atoms with van der Waals surface area (Å²) in [6.07, 6.45) is 0. The molecule has 0 aliphatic carbocycles. The van der Waals surface area contributed by atoms with E-state index in [1.54, 1.807) is 0 Å². The van der Waals surface area contributed by atoms with E-state index in [0.29, 0.717) is 17.5 Å².